The van der Waals surface area contributed by atoms with E-state index >= 15 is 0 Å². The van der Waals surface area contributed by atoms with Gasteiger partial charge in [0.05, 0.1) is 0 Å². The molecule has 1 aliphatic heterocycles. The number of pyridine rings is 1. The van der Waals surface area contributed by atoms with Crippen LogP contribution in [0.25, 0.3) is 0 Å². The molecule has 0 atom stereocenters. The molecule has 2 heterocycles. The number of carbonyl (C=O) groups excluding carboxylic acids is 1. The molecule has 2 rings (SSSR count). The molecular formula is C10H12N2O. The Kier molecular flexibility index (Phi) is 2.00. The predicted molar refractivity (Wildman–Crippen MR) is 50.5 cm³/mol. The van der Waals surface area contributed by atoms with Crippen molar-refractivity contribution in [2.45, 2.75) is 26.2 Å². The van der Waals surface area contributed by atoms with E-state index in [0.717, 1.165) is 29.8 Å². The number of aryl methyl sites for hydroxylation is 2. The Morgan fingerprint density at radius 2 is 2.31 bits per heavy atom. The van der Waals surface area contributed by atoms with Crippen molar-refractivity contribution in [3.63, 3.8) is 0 Å². The van der Waals surface area contributed by atoms with Gasteiger partial charge < -0.3 is 5.32 Å². The van der Waals surface area contributed by atoms with E-state index in [1.807, 2.05) is 6.92 Å². The Bertz CT molecular complexity index is 347. The first-order chi connectivity index (χ1) is 6.25. The molecule has 1 aromatic heterocycles. The number of fused-ring (bicyclic) bond motifs is 1. The summed E-state index contributed by atoms with van der Waals surface area (Å²) in [5.74, 6) is 0.822. The lowest BCUT2D eigenvalue weighted by atomic mass is 10.1. The molecule has 1 amide bonds. The number of hydrogen-bond donors (Lipinski definition) is 1. The van der Waals surface area contributed by atoms with Crippen molar-refractivity contribution in [2.24, 2.45) is 0 Å². The standard InChI is InChI=1S/C10H12N2O/c1-7-5-8-3-2-4-9(13)12-10(8)11-6-7/h5-6H,2-4H2,1H3,(H,11,12,13). The molecule has 0 spiro atoms. The van der Waals surface area contributed by atoms with E-state index in [4.69, 9.17) is 0 Å². The van der Waals surface area contributed by atoms with E-state index in [2.05, 4.69) is 16.4 Å². The maximum atomic E-state index is 11.2. The first-order valence-corrected chi connectivity index (χ1v) is 4.51. The molecule has 0 radical (unpaired) electrons. The highest BCUT2D eigenvalue weighted by Gasteiger charge is 2.13. The van der Waals surface area contributed by atoms with Crippen molar-refractivity contribution in [3.8, 4) is 0 Å². The summed E-state index contributed by atoms with van der Waals surface area (Å²) < 4.78 is 0. The van der Waals surface area contributed by atoms with Crippen LogP contribution in [-0.2, 0) is 11.2 Å². The van der Waals surface area contributed by atoms with E-state index < -0.39 is 0 Å². The van der Waals surface area contributed by atoms with Crippen LogP contribution >= 0.6 is 0 Å². The minimum Gasteiger partial charge on any atom is -0.310 e. The van der Waals surface area contributed by atoms with Gasteiger partial charge in [0, 0.05) is 12.6 Å². The number of anilines is 1. The van der Waals surface area contributed by atoms with Gasteiger partial charge >= 0.3 is 0 Å². The summed E-state index contributed by atoms with van der Waals surface area (Å²) in [6.45, 7) is 2.01. The second kappa shape index (κ2) is 3.17. The Morgan fingerprint density at radius 3 is 3.15 bits per heavy atom. The lowest BCUT2D eigenvalue weighted by Crippen LogP contribution is -2.10. The summed E-state index contributed by atoms with van der Waals surface area (Å²) in [7, 11) is 0. The normalized spacial score (nSPS) is 15.9. The van der Waals surface area contributed by atoms with E-state index in [-0.39, 0.29) is 5.91 Å². The lowest BCUT2D eigenvalue weighted by Gasteiger charge is -2.05. The molecule has 1 N–H and O–H groups in total. The predicted octanol–water partition coefficient (Wildman–Crippen LogP) is 1.66. The largest absolute Gasteiger partial charge is 0.310 e. The third kappa shape index (κ3) is 1.69. The highest BCUT2D eigenvalue weighted by Crippen LogP contribution is 2.19. The smallest absolute Gasteiger partial charge is 0.225 e. The van der Waals surface area contributed by atoms with Crippen molar-refractivity contribution in [1.82, 2.24) is 4.98 Å². The lowest BCUT2D eigenvalue weighted by molar-refractivity contribution is -0.116. The second-order valence-corrected chi connectivity index (χ2v) is 3.42. The summed E-state index contributed by atoms with van der Waals surface area (Å²) in [6, 6.07) is 2.09. The van der Waals surface area contributed by atoms with Crippen LogP contribution in [0.5, 0.6) is 0 Å². The third-order valence-corrected chi connectivity index (χ3v) is 2.21. The van der Waals surface area contributed by atoms with Crippen molar-refractivity contribution in [3.05, 3.63) is 23.4 Å². The van der Waals surface area contributed by atoms with Gasteiger partial charge in [-0.3, -0.25) is 4.79 Å². The van der Waals surface area contributed by atoms with Gasteiger partial charge in [-0.25, -0.2) is 4.98 Å². The minimum absolute atomic E-state index is 0.0788. The molecule has 1 aromatic rings. The summed E-state index contributed by atoms with van der Waals surface area (Å²) in [6.07, 6.45) is 4.26. The number of nitrogens with one attached hydrogen (secondary N) is 1. The molecule has 0 saturated heterocycles. The molecule has 0 fully saturated rings. The van der Waals surface area contributed by atoms with Gasteiger partial charge in [0.15, 0.2) is 0 Å². The summed E-state index contributed by atoms with van der Waals surface area (Å²) in [5.41, 5.74) is 2.31. The van der Waals surface area contributed by atoms with Gasteiger partial charge in [-0.15, -0.1) is 0 Å². The minimum atomic E-state index is 0.0788. The van der Waals surface area contributed by atoms with E-state index in [1.165, 1.54) is 0 Å². The van der Waals surface area contributed by atoms with Crippen molar-refractivity contribution in [1.29, 1.82) is 0 Å². The SMILES string of the molecule is Cc1cnc2c(c1)CCCC(=O)N2. The van der Waals surface area contributed by atoms with Crippen LogP contribution in [0.4, 0.5) is 5.82 Å². The van der Waals surface area contributed by atoms with Crippen LogP contribution < -0.4 is 5.32 Å². The maximum Gasteiger partial charge on any atom is 0.225 e. The molecule has 3 nitrogen and oxygen atoms in total. The number of carbonyl (C=O) groups is 1. The first-order valence-electron chi connectivity index (χ1n) is 4.51. The Hall–Kier alpha value is -1.38. The average Bonchev–Trinajstić information content (AvgIpc) is 2.25. The van der Waals surface area contributed by atoms with Gasteiger partial charge in [-0.2, -0.15) is 0 Å². The van der Waals surface area contributed by atoms with Crippen LogP contribution in [0.1, 0.15) is 24.0 Å². The summed E-state index contributed by atoms with van der Waals surface area (Å²) in [4.78, 5) is 15.4. The Morgan fingerprint density at radius 1 is 1.46 bits per heavy atom. The second-order valence-electron chi connectivity index (χ2n) is 3.42. The van der Waals surface area contributed by atoms with Gasteiger partial charge in [0.25, 0.3) is 0 Å². The summed E-state index contributed by atoms with van der Waals surface area (Å²) >= 11 is 0. The molecular weight excluding hydrogens is 164 g/mol. The number of rotatable bonds is 0. The molecule has 0 aliphatic carbocycles. The fraction of sp³-hybridized carbons (Fsp3) is 0.400. The van der Waals surface area contributed by atoms with Gasteiger partial charge in [0.2, 0.25) is 5.91 Å². The van der Waals surface area contributed by atoms with Crippen molar-refractivity contribution < 1.29 is 4.79 Å². The van der Waals surface area contributed by atoms with E-state index in [9.17, 15) is 4.79 Å². The number of hydrogen-bond acceptors (Lipinski definition) is 2. The van der Waals surface area contributed by atoms with Crippen molar-refractivity contribution in [2.75, 3.05) is 5.32 Å². The summed E-state index contributed by atoms with van der Waals surface area (Å²) in [5, 5.41) is 2.80. The third-order valence-electron chi connectivity index (χ3n) is 2.21. The van der Waals surface area contributed by atoms with Crippen LogP contribution in [0.2, 0.25) is 0 Å². The zero-order valence-electron chi connectivity index (χ0n) is 7.63. The van der Waals surface area contributed by atoms with Crippen LogP contribution in [0.15, 0.2) is 12.3 Å². The topological polar surface area (TPSA) is 42.0 Å². The van der Waals surface area contributed by atoms with Gasteiger partial charge in [0.1, 0.15) is 5.82 Å². The maximum absolute atomic E-state index is 11.2. The molecule has 0 saturated carbocycles. The Balaban J connectivity index is 2.40. The number of nitrogens with zero attached hydrogens (tertiary/aromatic N) is 1. The van der Waals surface area contributed by atoms with Crippen molar-refractivity contribution >= 4 is 11.7 Å². The molecule has 0 unspecified atom stereocenters. The van der Waals surface area contributed by atoms with Crippen LogP contribution in [0.3, 0.4) is 0 Å². The quantitative estimate of drug-likeness (QED) is 0.653. The van der Waals surface area contributed by atoms with E-state index in [0.29, 0.717) is 6.42 Å². The molecule has 0 aromatic carbocycles. The number of aromatic nitrogens is 1. The average molecular weight is 176 g/mol. The first kappa shape index (κ1) is 8.23. The fourth-order valence-corrected chi connectivity index (χ4v) is 1.57. The Labute approximate surface area is 77.2 Å². The van der Waals surface area contributed by atoms with Gasteiger partial charge in [-0.1, -0.05) is 6.07 Å². The fourth-order valence-electron chi connectivity index (χ4n) is 1.57. The highest BCUT2D eigenvalue weighted by atomic mass is 16.1. The molecule has 13 heavy (non-hydrogen) atoms. The molecule has 0 bridgehead atoms. The molecule has 68 valence electrons. The highest BCUT2D eigenvalue weighted by molar-refractivity contribution is 5.91. The van der Waals surface area contributed by atoms with E-state index in [1.54, 1.807) is 6.20 Å². The zero-order chi connectivity index (χ0) is 9.26. The zero-order valence-corrected chi connectivity index (χ0v) is 7.63. The molecule has 1 aliphatic rings. The van der Waals surface area contributed by atoms with Gasteiger partial charge in [-0.05, 0) is 30.9 Å². The number of amides is 1. The monoisotopic (exact) mass is 176 g/mol. The van der Waals surface area contributed by atoms with Crippen LogP contribution in [0, 0.1) is 6.92 Å². The molecule has 3 heteroatoms. The van der Waals surface area contributed by atoms with Crippen LogP contribution in [-0.4, -0.2) is 10.9 Å².